The Morgan fingerprint density at radius 3 is 2.00 bits per heavy atom. The average molecular weight is 496 g/mol. The Morgan fingerprint density at radius 2 is 1.42 bits per heavy atom. The van der Waals surface area contributed by atoms with Crippen LogP contribution in [0.25, 0.3) is 0 Å². The Bertz CT molecular complexity index is 752. The molecule has 0 aromatic heterocycles. The van der Waals surface area contributed by atoms with Gasteiger partial charge in [0.15, 0.2) is 4.90 Å². The van der Waals surface area contributed by atoms with Gasteiger partial charge in [0.05, 0.1) is 5.69 Å². The maximum atomic E-state index is 9.93. The van der Waals surface area contributed by atoms with Crippen LogP contribution in [-0.2, 0) is 11.8 Å². The molecule has 0 saturated carbocycles. The van der Waals surface area contributed by atoms with Gasteiger partial charge in [-0.15, -0.1) is 0 Å². The van der Waals surface area contributed by atoms with Crippen LogP contribution in [0.1, 0.15) is 0 Å². The summed E-state index contributed by atoms with van der Waals surface area (Å²) < 4.78 is 59.6. The molecule has 24 heavy (non-hydrogen) atoms. The van der Waals surface area contributed by atoms with Gasteiger partial charge in [0.2, 0.25) is 0 Å². The van der Waals surface area contributed by atoms with E-state index in [1.165, 1.54) is 37.8 Å². The van der Waals surface area contributed by atoms with Gasteiger partial charge in [-0.3, -0.25) is 0 Å². The number of rotatable bonds is 1. The maximum absolute atomic E-state index is 11.2. The molecule has 0 saturated heterocycles. The molecular weight excluding hydrogens is 482 g/mol. The molecule has 0 fully saturated rings. The van der Waals surface area contributed by atoms with Gasteiger partial charge in [-0.05, 0) is 24.3 Å². The first-order valence-corrected chi connectivity index (χ1v) is 14.5. The fourth-order valence-electron chi connectivity index (χ4n) is 2.17. The average Bonchev–Trinajstić information content (AvgIpc) is 2.43. The molecule has 0 aliphatic carbocycles. The van der Waals surface area contributed by atoms with Gasteiger partial charge in [-0.2, -0.15) is 0 Å². The summed E-state index contributed by atoms with van der Waals surface area (Å²) in [6, 6.07) is 15.2. The van der Waals surface area contributed by atoms with Crippen LogP contribution in [0.15, 0.2) is 57.2 Å². The Labute approximate surface area is 146 Å². The first-order chi connectivity index (χ1) is 10.8. The van der Waals surface area contributed by atoms with Crippen LogP contribution < -0.4 is 4.90 Å². The molecule has 0 atom stereocenters. The van der Waals surface area contributed by atoms with Gasteiger partial charge < -0.3 is 4.90 Å². The summed E-state index contributed by atoms with van der Waals surface area (Å²) in [4.78, 5) is 6.41. The molecule has 0 N–H and O–H groups in total. The molecule has 2 aromatic rings. The zero-order valence-electron chi connectivity index (χ0n) is 12.6. The topological polar surface area (TPSA) is 3.24 Å². The van der Waals surface area contributed by atoms with Crippen molar-refractivity contribution in [1.82, 2.24) is 0 Å². The summed E-state index contributed by atoms with van der Waals surface area (Å²) in [6.07, 6.45) is 2.19. The van der Waals surface area contributed by atoms with Crippen molar-refractivity contribution in [3.63, 3.8) is 0 Å². The zero-order chi connectivity index (χ0) is 18.2. The summed E-state index contributed by atoms with van der Waals surface area (Å²) in [5.74, 6) is 0. The number of halogens is 6. The van der Waals surface area contributed by atoms with Crippen molar-refractivity contribution in [2.75, 3.05) is 18.2 Å². The van der Waals surface area contributed by atoms with E-state index in [9.17, 15) is 16.9 Å². The molecule has 0 radical (unpaired) electrons. The van der Waals surface area contributed by atoms with Crippen molar-refractivity contribution in [2.24, 2.45) is 0 Å². The Balaban J connectivity index is 0.000000256. The number of nitrogens with zero attached hydrogens (tertiary/aromatic N) is 1. The third-order valence-electron chi connectivity index (χ3n) is 3.00. The number of anilines is 2. The van der Waals surface area contributed by atoms with Crippen molar-refractivity contribution in [2.45, 2.75) is 14.7 Å². The van der Waals surface area contributed by atoms with Crippen LogP contribution in [0, 0.1) is 0 Å². The summed E-state index contributed by atoms with van der Waals surface area (Å²) in [6.45, 7) is 0. The van der Waals surface area contributed by atoms with Gasteiger partial charge in [0.25, 0.3) is 0 Å². The van der Waals surface area contributed by atoms with Gasteiger partial charge in [-0.1, -0.05) is 30.0 Å². The van der Waals surface area contributed by atoms with Crippen molar-refractivity contribution >= 4 is 54.4 Å². The number of para-hydroxylation sites is 2. The van der Waals surface area contributed by atoms with Crippen LogP contribution in [0.5, 0.6) is 0 Å². The first kappa shape index (κ1) is 19.7. The predicted octanol–water partition coefficient (Wildman–Crippen LogP) is 5.86. The van der Waals surface area contributed by atoms with Gasteiger partial charge in [0.1, 0.15) is 11.9 Å². The molecule has 1 nitrogen and oxygen atoms in total. The normalized spacial score (nSPS) is 16.1. The van der Waals surface area contributed by atoms with Crippen molar-refractivity contribution in [3.05, 3.63) is 42.5 Å². The summed E-state index contributed by atoms with van der Waals surface area (Å²) in [5, 5.41) is 0. The van der Waals surface area contributed by atoms with E-state index in [2.05, 4.69) is 60.7 Å². The minimum absolute atomic E-state index is 1.31. The number of thiol groups is 1. The van der Waals surface area contributed by atoms with Crippen LogP contribution in [0.2, 0.25) is 0 Å². The molecule has 1 aliphatic rings. The van der Waals surface area contributed by atoms with Gasteiger partial charge in [-0.25, -0.2) is 0 Å². The molecule has 2 aromatic carbocycles. The molecule has 1 heterocycles. The van der Waals surface area contributed by atoms with Gasteiger partial charge >= 0.3 is 36.4 Å². The molecule has 0 unspecified atom stereocenters. The van der Waals surface area contributed by atoms with Crippen molar-refractivity contribution in [1.29, 1.82) is 0 Å². The van der Waals surface area contributed by atoms with E-state index >= 15 is 0 Å². The van der Waals surface area contributed by atoms with E-state index < -0.39 is 19.5 Å². The van der Waals surface area contributed by atoms with Crippen LogP contribution in [0.4, 0.5) is 28.3 Å². The number of hydrogen-bond donors (Lipinski definition) is 0. The summed E-state index contributed by atoms with van der Waals surface area (Å²) in [7, 11) is 2.16. The third kappa shape index (κ3) is 6.01. The zero-order valence-corrected chi connectivity index (χ0v) is 16.8. The molecule has 0 bridgehead atoms. The number of benzene rings is 2. The number of hydrogen-bond acceptors (Lipinski definition) is 2. The quantitative estimate of drug-likeness (QED) is 0.211. The summed E-state index contributed by atoms with van der Waals surface area (Å²) in [5.41, 5.74) is 2.67. The Morgan fingerprint density at radius 1 is 0.875 bits per heavy atom. The van der Waals surface area contributed by atoms with Gasteiger partial charge in [0, 0.05) is 28.6 Å². The Kier molecular flexibility index (Phi) is 4.88. The van der Waals surface area contributed by atoms with E-state index in [0.29, 0.717) is 0 Å². The molecule has 0 amide bonds. The third-order valence-corrected chi connectivity index (χ3v) is 4.96. The second-order valence-electron chi connectivity index (χ2n) is 4.93. The fourth-order valence-corrected chi connectivity index (χ4v) is 4.15. The Hall–Kier alpha value is -0.662. The first-order valence-electron chi connectivity index (χ1n) is 6.56. The molecule has 134 valence electrons. The SMILES string of the molecule is C[SH+]c1cccc2c1N(C)c1ccccc1S2.[F][Sb-]([F])([F])([F])([F])[F]. The van der Waals surface area contributed by atoms with Crippen LogP contribution >= 0.6 is 11.8 Å². The summed E-state index contributed by atoms with van der Waals surface area (Å²) >= 11 is -8.06. The molecule has 0 spiro atoms. The second kappa shape index (κ2) is 5.95. The second-order valence-corrected chi connectivity index (χ2v) is 12.4. The van der Waals surface area contributed by atoms with E-state index in [1.54, 1.807) is 0 Å². The van der Waals surface area contributed by atoms with Crippen LogP contribution in [-0.4, -0.2) is 32.8 Å². The van der Waals surface area contributed by atoms with Crippen molar-refractivity contribution in [3.8, 4) is 0 Å². The monoisotopic (exact) mass is 495 g/mol. The van der Waals surface area contributed by atoms with Crippen LogP contribution in [0.3, 0.4) is 0 Å². The molecule has 10 heteroatoms. The fraction of sp³-hybridized carbons (Fsp3) is 0.143. The predicted molar refractivity (Wildman–Crippen MR) is 90.4 cm³/mol. The van der Waals surface area contributed by atoms with E-state index in [0.717, 1.165) is 0 Å². The van der Waals surface area contributed by atoms with E-state index in [-0.39, 0.29) is 0 Å². The van der Waals surface area contributed by atoms with Crippen molar-refractivity contribution < 1.29 is 16.9 Å². The number of fused-ring (bicyclic) bond motifs is 2. The standard InChI is InChI=1S/C14H13NS2.6FH.Sb/c1-15-10-6-3-4-7-11(10)17-13-9-5-8-12(16-2)14(13)15;;;;;;;/h3-9H,1-2H3;6*1H;/q;;;;;;;+5/p-5. The van der Waals surface area contributed by atoms with E-state index in [4.69, 9.17) is 0 Å². The minimum atomic E-state index is -11.2. The molecule has 3 rings (SSSR count). The molecule has 1 aliphatic heterocycles. The van der Waals surface area contributed by atoms with E-state index in [1.807, 2.05) is 11.8 Å². The molecular formula is C14H14F6NS2Sb.